The van der Waals surface area contributed by atoms with Crippen LogP contribution in [0.4, 0.5) is 0 Å². The molecule has 0 aliphatic carbocycles. The summed E-state index contributed by atoms with van der Waals surface area (Å²) < 4.78 is 7.61. The highest BCUT2D eigenvalue weighted by molar-refractivity contribution is 6.10. The van der Waals surface area contributed by atoms with Crippen molar-refractivity contribution < 1.29 is 14.0 Å². The smallest absolute Gasteiger partial charge is 0.233 e. The number of hydrogen-bond donors (Lipinski definition) is 0. The molecule has 0 aliphatic heterocycles. The molecule has 0 saturated carbocycles. The number of para-hydroxylation sites is 1. The number of hydrogen-bond acceptors (Lipinski definition) is 2. The van der Waals surface area contributed by atoms with Crippen LogP contribution in [-0.4, -0.2) is 37.1 Å². The lowest BCUT2D eigenvalue weighted by Crippen LogP contribution is -2.52. The second kappa shape index (κ2) is 22.4. The Hall–Kier alpha value is -2.13. The average Bonchev–Trinajstić information content (AvgIpc) is 3.01. The summed E-state index contributed by atoms with van der Waals surface area (Å²) in [6.45, 7) is 5.65. The standard InChI is InChI=1S/C39H64NO2/c1-5-7-9-11-12-13-14-15-16-17-18-19-20-21-25-33-38(40(3,4)34-28-10-8-6-2)42-37-32-27-26-31-36(37)39(41)35-29-23-22-24-30-35/h22-24,26-27,29-32,38H,5-21,25,28,33-34H2,1-4H3/q+1. The molecule has 0 spiro atoms. The Bertz CT molecular complexity index is 938. The fourth-order valence-electron chi connectivity index (χ4n) is 5.98. The number of carbonyl (C=O) groups is 1. The molecule has 0 saturated heterocycles. The van der Waals surface area contributed by atoms with E-state index in [1.165, 1.54) is 122 Å². The van der Waals surface area contributed by atoms with Gasteiger partial charge in [-0.05, 0) is 31.4 Å². The summed E-state index contributed by atoms with van der Waals surface area (Å²) >= 11 is 0. The van der Waals surface area contributed by atoms with Crippen molar-refractivity contribution in [2.45, 2.75) is 148 Å². The quantitative estimate of drug-likeness (QED) is 0.0480. The van der Waals surface area contributed by atoms with E-state index in [1.807, 2.05) is 54.6 Å². The van der Waals surface area contributed by atoms with Crippen LogP contribution >= 0.6 is 0 Å². The van der Waals surface area contributed by atoms with Crippen molar-refractivity contribution in [1.82, 2.24) is 0 Å². The van der Waals surface area contributed by atoms with Crippen LogP contribution in [0.15, 0.2) is 54.6 Å². The molecule has 236 valence electrons. The maximum absolute atomic E-state index is 13.4. The summed E-state index contributed by atoms with van der Waals surface area (Å²) in [6, 6.07) is 17.4. The molecular formula is C39H64NO2+. The number of rotatable bonds is 26. The van der Waals surface area contributed by atoms with E-state index in [4.69, 9.17) is 4.74 Å². The van der Waals surface area contributed by atoms with E-state index in [2.05, 4.69) is 27.9 Å². The normalized spacial score (nSPS) is 12.4. The molecule has 1 atom stereocenters. The molecule has 3 heteroatoms. The Morgan fingerprint density at radius 2 is 1.05 bits per heavy atom. The third-order valence-corrected chi connectivity index (χ3v) is 8.85. The topological polar surface area (TPSA) is 26.3 Å². The number of quaternary nitrogens is 1. The van der Waals surface area contributed by atoms with Crippen LogP contribution in [0, 0.1) is 0 Å². The van der Waals surface area contributed by atoms with Crippen molar-refractivity contribution in [3.8, 4) is 5.75 Å². The molecule has 0 fully saturated rings. The van der Waals surface area contributed by atoms with Gasteiger partial charge >= 0.3 is 0 Å². The van der Waals surface area contributed by atoms with Gasteiger partial charge in [-0.25, -0.2) is 0 Å². The summed E-state index contributed by atoms with van der Waals surface area (Å²) in [5, 5.41) is 0. The highest BCUT2D eigenvalue weighted by Gasteiger charge is 2.30. The van der Waals surface area contributed by atoms with Gasteiger partial charge in [-0.1, -0.05) is 159 Å². The van der Waals surface area contributed by atoms with E-state index in [9.17, 15) is 4.79 Å². The minimum atomic E-state index is 0.0326. The second-order valence-electron chi connectivity index (χ2n) is 13.1. The number of ketones is 1. The van der Waals surface area contributed by atoms with Crippen molar-refractivity contribution in [1.29, 1.82) is 0 Å². The summed E-state index contributed by atoms with van der Waals surface area (Å²) in [5.41, 5.74) is 1.37. The van der Waals surface area contributed by atoms with Gasteiger partial charge < -0.3 is 4.74 Å². The van der Waals surface area contributed by atoms with E-state index in [0.717, 1.165) is 23.2 Å². The first-order chi connectivity index (χ1) is 20.5. The molecule has 42 heavy (non-hydrogen) atoms. The monoisotopic (exact) mass is 578 g/mol. The van der Waals surface area contributed by atoms with E-state index >= 15 is 0 Å². The Balaban J connectivity index is 1.82. The van der Waals surface area contributed by atoms with Crippen LogP contribution in [0.3, 0.4) is 0 Å². The molecule has 0 aliphatic rings. The average molecular weight is 579 g/mol. The zero-order valence-corrected chi connectivity index (χ0v) is 27.9. The van der Waals surface area contributed by atoms with Gasteiger partial charge in [0.2, 0.25) is 6.23 Å². The van der Waals surface area contributed by atoms with Crippen molar-refractivity contribution in [3.05, 3.63) is 65.7 Å². The Labute approximate surface area is 260 Å². The van der Waals surface area contributed by atoms with Gasteiger partial charge in [0.1, 0.15) is 5.75 Å². The number of carbonyl (C=O) groups excluding carboxylic acids is 1. The number of benzene rings is 2. The van der Waals surface area contributed by atoms with E-state index in [-0.39, 0.29) is 12.0 Å². The molecule has 2 aromatic rings. The van der Waals surface area contributed by atoms with Crippen LogP contribution in [0.1, 0.15) is 158 Å². The lowest BCUT2D eigenvalue weighted by atomic mass is 10.0. The SMILES string of the molecule is CCCCCCCCCCCCCCCCCC(Oc1ccccc1C(=O)c1ccccc1)[N+](C)(C)CCCCCC. The first kappa shape index (κ1) is 36.1. The molecule has 3 nitrogen and oxygen atoms in total. The van der Waals surface area contributed by atoms with Crippen LogP contribution in [-0.2, 0) is 0 Å². The Morgan fingerprint density at radius 3 is 1.60 bits per heavy atom. The van der Waals surface area contributed by atoms with Gasteiger partial charge in [-0.2, -0.15) is 0 Å². The maximum atomic E-state index is 13.4. The van der Waals surface area contributed by atoms with E-state index in [0.29, 0.717) is 11.1 Å². The van der Waals surface area contributed by atoms with Crippen LogP contribution < -0.4 is 4.74 Å². The minimum Gasteiger partial charge on any atom is -0.442 e. The number of nitrogens with zero attached hydrogens (tertiary/aromatic N) is 1. The molecule has 2 rings (SSSR count). The fraction of sp³-hybridized carbons (Fsp3) is 0.667. The predicted octanol–water partition coefficient (Wildman–Crippen LogP) is 11.5. The Morgan fingerprint density at radius 1 is 0.595 bits per heavy atom. The Kier molecular flexibility index (Phi) is 19.2. The summed E-state index contributed by atoms with van der Waals surface area (Å²) in [4.78, 5) is 13.4. The van der Waals surface area contributed by atoms with Gasteiger partial charge in [-0.15, -0.1) is 0 Å². The molecule has 0 aromatic heterocycles. The first-order valence-electron chi connectivity index (χ1n) is 17.7. The molecule has 0 amide bonds. The van der Waals surface area contributed by atoms with Crippen molar-refractivity contribution in [3.63, 3.8) is 0 Å². The summed E-state index contributed by atoms with van der Waals surface area (Å²) in [6.07, 6.45) is 26.7. The molecule has 0 heterocycles. The molecular weight excluding hydrogens is 514 g/mol. The van der Waals surface area contributed by atoms with Crippen LogP contribution in [0.5, 0.6) is 5.75 Å². The lowest BCUT2D eigenvalue weighted by Gasteiger charge is -2.38. The number of unbranched alkanes of at least 4 members (excludes halogenated alkanes) is 17. The van der Waals surface area contributed by atoms with Gasteiger partial charge in [0.05, 0.1) is 26.2 Å². The highest BCUT2D eigenvalue weighted by atomic mass is 16.5. The van der Waals surface area contributed by atoms with E-state index in [1.54, 1.807) is 0 Å². The van der Waals surface area contributed by atoms with Gasteiger partial charge in [-0.3, -0.25) is 9.28 Å². The highest BCUT2D eigenvalue weighted by Crippen LogP contribution is 2.27. The third-order valence-electron chi connectivity index (χ3n) is 8.85. The van der Waals surface area contributed by atoms with Crippen LogP contribution in [0.2, 0.25) is 0 Å². The van der Waals surface area contributed by atoms with Crippen molar-refractivity contribution >= 4 is 5.78 Å². The zero-order valence-electron chi connectivity index (χ0n) is 27.9. The fourth-order valence-corrected chi connectivity index (χ4v) is 5.98. The lowest BCUT2D eigenvalue weighted by molar-refractivity contribution is -0.933. The number of ether oxygens (including phenoxy) is 1. The predicted molar refractivity (Wildman–Crippen MR) is 181 cm³/mol. The minimum absolute atomic E-state index is 0.0326. The third kappa shape index (κ3) is 14.9. The van der Waals surface area contributed by atoms with Crippen molar-refractivity contribution in [2.75, 3.05) is 20.6 Å². The zero-order chi connectivity index (χ0) is 30.3. The van der Waals surface area contributed by atoms with Gasteiger partial charge in [0, 0.05) is 12.0 Å². The van der Waals surface area contributed by atoms with Gasteiger partial charge in [0.15, 0.2) is 5.78 Å². The largest absolute Gasteiger partial charge is 0.442 e. The van der Waals surface area contributed by atoms with Gasteiger partial charge in [0.25, 0.3) is 0 Å². The maximum Gasteiger partial charge on any atom is 0.233 e. The molecule has 2 aromatic carbocycles. The van der Waals surface area contributed by atoms with Crippen molar-refractivity contribution in [2.24, 2.45) is 0 Å². The molecule has 1 unspecified atom stereocenters. The first-order valence-corrected chi connectivity index (χ1v) is 17.7. The van der Waals surface area contributed by atoms with Crippen LogP contribution in [0.25, 0.3) is 0 Å². The molecule has 0 radical (unpaired) electrons. The summed E-state index contributed by atoms with van der Waals surface area (Å²) in [5.74, 6) is 0.752. The summed E-state index contributed by atoms with van der Waals surface area (Å²) in [7, 11) is 4.62. The van der Waals surface area contributed by atoms with E-state index < -0.39 is 0 Å². The molecule has 0 N–H and O–H groups in total. The second-order valence-corrected chi connectivity index (χ2v) is 13.1. The molecule has 0 bridgehead atoms.